The number of nitrogens with zero attached hydrogens (tertiary/aromatic N) is 5. The van der Waals surface area contributed by atoms with Crippen molar-refractivity contribution < 1.29 is 25.8 Å². The molecule has 0 amide bonds. The Morgan fingerprint density at radius 3 is 2.28 bits per heavy atom. The maximum absolute atomic E-state index is 6.63. The van der Waals surface area contributed by atoms with Gasteiger partial charge in [-0.15, -0.1) is 42.4 Å². The molecule has 2 aliphatic rings. The second-order valence-corrected chi connectivity index (χ2v) is 17.2. The van der Waals surface area contributed by atoms with Gasteiger partial charge in [-0.2, -0.15) is 12.1 Å². The fourth-order valence-electron chi connectivity index (χ4n) is 9.16. The molecule has 0 bridgehead atoms. The third-order valence-electron chi connectivity index (χ3n) is 12.2. The average Bonchev–Trinajstić information content (AvgIpc) is 3.89. The fourth-order valence-corrected chi connectivity index (χ4v) is 9.16. The van der Waals surface area contributed by atoms with Crippen molar-refractivity contribution in [3.8, 4) is 39.6 Å². The van der Waals surface area contributed by atoms with Gasteiger partial charge >= 0.3 is 0 Å². The predicted molar refractivity (Wildman–Crippen MR) is 244 cm³/mol. The molecule has 9 aromatic rings. The van der Waals surface area contributed by atoms with Gasteiger partial charge in [0.15, 0.2) is 0 Å². The molecule has 61 heavy (non-hydrogen) atoms. The van der Waals surface area contributed by atoms with Crippen LogP contribution >= 0.6 is 0 Å². The van der Waals surface area contributed by atoms with Crippen molar-refractivity contribution in [3.63, 3.8) is 0 Å². The number of para-hydroxylation sites is 1. The Kier molecular flexibility index (Phi) is 9.26. The summed E-state index contributed by atoms with van der Waals surface area (Å²) in [6, 6.07) is 58.3. The molecular weight excluding hydrogens is 930 g/mol. The first-order valence-electron chi connectivity index (χ1n) is 20.5. The van der Waals surface area contributed by atoms with E-state index in [1.165, 1.54) is 27.8 Å². The standard InChI is InChI=1S/C54H42N5O.Pt/c1-53(2,3)36-28-30-55-49(31-36)59-46-22-12-10-19-41(46)42-25-24-39(33-48(42)59)60-38-18-13-17-37(32-38)57-34-58(47-23-14-29-56-52(47)57)51-40(35-15-7-6-8-16-35)26-27-45-50(51)43-20-9-11-21-44(43)54(45,4)5;/h6-31,34H,1-5H3;/q-3;. The van der Waals surface area contributed by atoms with E-state index in [0.717, 1.165) is 61.6 Å². The summed E-state index contributed by atoms with van der Waals surface area (Å²) in [4.78, 5) is 14.2. The van der Waals surface area contributed by atoms with Crippen LogP contribution in [0.3, 0.4) is 0 Å². The van der Waals surface area contributed by atoms with Crippen molar-refractivity contribution in [2.24, 2.45) is 0 Å². The van der Waals surface area contributed by atoms with E-state index in [0.29, 0.717) is 11.5 Å². The van der Waals surface area contributed by atoms with E-state index >= 15 is 0 Å². The largest absolute Gasteiger partial charge is 0.509 e. The molecule has 1 aliphatic carbocycles. The van der Waals surface area contributed by atoms with Gasteiger partial charge < -0.3 is 19.1 Å². The van der Waals surface area contributed by atoms with E-state index in [2.05, 4.69) is 189 Å². The van der Waals surface area contributed by atoms with E-state index < -0.39 is 0 Å². The van der Waals surface area contributed by atoms with E-state index in [4.69, 9.17) is 14.7 Å². The fraction of sp³-hybridized carbons (Fsp3) is 0.130. The molecule has 1 aliphatic heterocycles. The summed E-state index contributed by atoms with van der Waals surface area (Å²) >= 11 is 0. The minimum Gasteiger partial charge on any atom is -0.509 e. The smallest absolute Gasteiger partial charge is 0.135 e. The average molecular weight is 972 g/mol. The van der Waals surface area contributed by atoms with Gasteiger partial charge in [0.1, 0.15) is 11.6 Å². The van der Waals surface area contributed by atoms with Gasteiger partial charge in [-0.25, -0.2) is 9.97 Å². The number of aromatic nitrogens is 3. The second-order valence-electron chi connectivity index (χ2n) is 17.2. The van der Waals surface area contributed by atoms with Gasteiger partial charge in [0.2, 0.25) is 0 Å². The summed E-state index contributed by atoms with van der Waals surface area (Å²) in [7, 11) is 0. The minimum absolute atomic E-state index is 0. The Morgan fingerprint density at radius 1 is 0.639 bits per heavy atom. The monoisotopic (exact) mass is 971 g/mol. The van der Waals surface area contributed by atoms with Crippen LogP contribution in [0.1, 0.15) is 51.3 Å². The molecule has 0 atom stereocenters. The Labute approximate surface area is 371 Å². The van der Waals surface area contributed by atoms with Gasteiger partial charge in [-0.1, -0.05) is 131 Å². The number of anilines is 4. The maximum Gasteiger partial charge on any atom is 0.135 e. The molecule has 0 saturated carbocycles. The molecule has 6 aromatic carbocycles. The number of fused-ring (bicyclic) bond motifs is 7. The molecule has 4 heterocycles. The van der Waals surface area contributed by atoms with Crippen LogP contribution in [0.25, 0.3) is 49.9 Å². The van der Waals surface area contributed by atoms with Crippen molar-refractivity contribution in [2.75, 3.05) is 9.80 Å². The number of ether oxygens (including phenoxy) is 1. The van der Waals surface area contributed by atoms with E-state index in [-0.39, 0.29) is 31.9 Å². The van der Waals surface area contributed by atoms with Gasteiger partial charge in [-0.3, -0.25) is 0 Å². The van der Waals surface area contributed by atoms with Crippen LogP contribution in [0, 0.1) is 18.8 Å². The quantitative estimate of drug-likeness (QED) is 0.155. The second kappa shape index (κ2) is 14.6. The van der Waals surface area contributed by atoms with Crippen LogP contribution in [0.5, 0.6) is 11.5 Å². The summed E-state index contributed by atoms with van der Waals surface area (Å²) in [5, 5.41) is 2.22. The van der Waals surface area contributed by atoms with Crippen molar-refractivity contribution in [1.82, 2.24) is 14.5 Å². The first-order chi connectivity index (χ1) is 29.1. The van der Waals surface area contributed by atoms with Crippen molar-refractivity contribution >= 4 is 44.7 Å². The normalized spacial score (nSPS) is 13.9. The van der Waals surface area contributed by atoms with Crippen molar-refractivity contribution in [3.05, 3.63) is 193 Å². The molecule has 0 fully saturated rings. The summed E-state index contributed by atoms with van der Waals surface area (Å²) in [6.45, 7) is 13.5. The molecular formula is C54H42N5OPt-3. The molecule has 7 heteroatoms. The Balaban J connectivity index is 0.00000445. The molecule has 302 valence electrons. The SMILES string of the molecule is CC(C)(C)c1ccnc(-n2c3[c-]c(Oc4[c-]c(N5[CH-]N(c6c(-c7ccccc7)ccc7c6-c6ccccc6C7(C)C)c6cccnc65)ccc4)ccc3c3ccccc32)c1.[Pt]. The zero-order chi connectivity index (χ0) is 40.8. The van der Waals surface area contributed by atoms with Gasteiger partial charge in [-0.05, 0) is 69.0 Å². The topological polar surface area (TPSA) is 46.4 Å². The summed E-state index contributed by atoms with van der Waals surface area (Å²) in [5.74, 6) is 2.83. The molecule has 0 saturated heterocycles. The summed E-state index contributed by atoms with van der Waals surface area (Å²) < 4.78 is 8.82. The molecule has 0 spiro atoms. The maximum atomic E-state index is 6.63. The summed E-state index contributed by atoms with van der Waals surface area (Å²) in [5.41, 5.74) is 13.4. The number of pyridine rings is 2. The van der Waals surface area contributed by atoms with Crippen LogP contribution in [0.15, 0.2) is 158 Å². The Hall–Kier alpha value is -6.49. The van der Waals surface area contributed by atoms with Crippen LogP contribution in [-0.2, 0) is 31.9 Å². The van der Waals surface area contributed by atoms with Gasteiger partial charge in [0, 0.05) is 72.7 Å². The number of benzene rings is 6. The molecule has 0 N–H and O–H groups in total. The minimum atomic E-state index is -0.159. The van der Waals surface area contributed by atoms with Crippen molar-refractivity contribution in [2.45, 2.75) is 45.4 Å². The molecule has 3 aromatic heterocycles. The first kappa shape index (κ1) is 38.7. The third kappa shape index (κ3) is 6.27. The van der Waals surface area contributed by atoms with Crippen LogP contribution in [-0.4, -0.2) is 14.5 Å². The number of rotatable bonds is 6. The summed E-state index contributed by atoms with van der Waals surface area (Å²) in [6.07, 6.45) is 3.75. The van der Waals surface area contributed by atoms with E-state index in [9.17, 15) is 0 Å². The molecule has 0 radical (unpaired) electrons. The van der Waals surface area contributed by atoms with Gasteiger partial charge in [0.25, 0.3) is 0 Å². The predicted octanol–water partition coefficient (Wildman–Crippen LogP) is 13.6. The number of hydrogen-bond donors (Lipinski definition) is 0. The third-order valence-corrected chi connectivity index (χ3v) is 12.2. The van der Waals surface area contributed by atoms with Crippen LogP contribution < -0.4 is 14.5 Å². The molecule has 0 unspecified atom stereocenters. The molecule has 6 nitrogen and oxygen atoms in total. The van der Waals surface area contributed by atoms with Crippen LogP contribution in [0.4, 0.5) is 22.9 Å². The Morgan fingerprint density at radius 2 is 1.43 bits per heavy atom. The van der Waals surface area contributed by atoms with Gasteiger partial charge in [0.05, 0.1) is 5.69 Å². The Bertz CT molecular complexity index is 3150. The zero-order valence-electron chi connectivity index (χ0n) is 34.5. The zero-order valence-corrected chi connectivity index (χ0v) is 36.8. The van der Waals surface area contributed by atoms with E-state index in [1.807, 2.05) is 36.7 Å². The van der Waals surface area contributed by atoms with Crippen LogP contribution in [0.2, 0.25) is 0 Å². The number of hydrogen-bond acceptors (Lipinski definition) is 5. The molecule has 11 rings (SSSR count). The van der Waals surface area contributed by atoms with E-state index in [1.54, 1.807) is 0 Å². The van der Waals surface area contributed by atoms with Crippen molar-refractivity contribution in [1.29, 1.82) is 0 Å². The first-order valence-corrected chi connectivity index (χ1v) is 20.5.